The highest BCUT2D eigenvalue weighted by Gasteiger charge is 2.17. The number of rotatable bonds is 4. The number of nitrogens with two attached hydrogens (primary N) is 1. The molecule has 0 aromatic heterocycles. The van der Waals surface area contributed by atoms with Gasteiger partial charge in [-0.3, -0.25) is 4.79 Å². The van der Waals surface area contributed by atoms with Crippen LogP contribution >= 0.6 is 11.6 Å². The van der Waals surface area contributed by atoms with Gasteiger partial charge < -0.3 is 10.1 Å². The number of carbonyl (C=O) groups is 1. The van der Waals surface area contributed by atoms with Crippen molar-refractivity contribution in [2.75, 3.05) is 12.4 Å². The number of anilines is 1. The molecule has 2 rings (SSSR count). The average molecular weight is 341 g/mol. The number of methoxy groups -OCH3 is 1. The Morgan fingerprint density at radius 1 is 1.23 bits per heavy atom. The van der Waals surface area contributed by atoms with E-state index >= 15 is 0 Å². The maximum absolute atomic E-state index is 12.1. The molecule has 0 heterocycles. The second kappa shape index (κ2) is 6.35. The lowest BCUT2D eigenvalue weighted by Gasteiger charge is -2.11. The summed E-state index contributed by atoms with van der Waals surface area (Å²) in [6, 6.07) is 10.6. The zero-order chi connectivity index (χ0) is 16.3. The first kappa shape index (κ1) is 16.3. The van der Waals surface area contributed by atoms with Gasteiger partial charge in [0.05, 0.1) is 17.7 Å². The second-order valence-corrected chi connectivity index (χ2v) is 6.28. The van der Waals surface area contributed by atoms with Gasteiger partial charge >= 0.3 is 0 Å². The quantitative estimate of drug-likeness (QED) is 0.891. The van der Waals surface area contributed by atoms with Gasteiger partial charge in [0, 0.05) is 5.69 Å². The molecule has 0 radical (unpaired) electrons. The molecule has 116 valence electrons. The van der Waals surface area contributed by atoms with Crippen molar-refractivity contribution in [3.63, 3.8) is 0 Å². The molecule has 3 N–H and O–H groups in total. The molecule has 0 aliphatic heterocycles. The monoisotopic (exact) mass is 340 g/mol. The summed E-state index contributed by atoms with van der Waals surface area (Å²) in [4.78, 5) is 11.9. The Hall–Kier alpha value is -2.09. The maximum Gasteiger partial charge on any atom is 0.257 e. The van der Waals surface area contributed by atoms with Crippen molar-refractivity contribution in [2.24, 2.45) is 5.14 Å². The molecule has 2 aromatic carbocycles. The van der Waals surface area contributed by atoms with Crippen LogP contribution in [0.15, 0.2) is 47.4 Å². The van der Waals surface area contributed by atoms with Crippen LogP contribution in [-0.2, 0) is 10.0 Å². The maximum atomic E-state index is 12.1. The normalized spacial score (nSPS) is 11.0. The fourth-order valence-corrected chi connectivity index (χ4v) is 2.77. The first-order valence-corrected chi connectivity index (χ1v) is 8.02. The zero-order valence-corrected chi connectivity index (χ0v) is 13.1. The van der Waals surface area contributed by atoms with Gasteiger partial charge in [-0.05, 0) is 30.3 Å². The van der Waals surface area contributed by atoms with E-state index in [-0.39, 0.29) is 21.9 Å². The SMILES string of the molecule is COc1ccc(NC(=O)c2ccccc2Cl)cc1S(N)(=O)=O. The first-order chi connectivity index (χ1) is 10.3. The van der Waals surface area contributed by atoms with E-state index in [9.17, 15) is 13.2 Å². The van der Waals surface area contributed by atoms with Gasteiger partial charge in [0.1, 0.15) is 10.6 Å². The molecule has 0 saturated carbocycles. The van der Waals surface area contributed by atoms with Crippen LogP contribution in [0, 0.1) is 0 Å². The number of sulfonamides is 1. The molecular formula is C14H13ClN2O4S. The van der Waals surface area contributed by atoms with E-state index in [1.54, 1.807) is 24.3 Å². The van der Waals surface area contributed by atoms with Gasteiger partial charge in [-0.2, -0.15) is 0 Å². The zero-order valence-electron chi connectivity index (χ0n) is 11.5. The third kappa shape index (κ3) is 3.56. The minimum absolute atomic E-state index is 0.0956. The van der Waals surface area contributed by atoms with Crippen molar-refractivity contribution >= 4 is 33.2 Å². The molecule has 0 unspecified atom stereocenters. The molecule has 0 atom stereocenters. The molecule has 22 heavy (non-hydrogen) atoms. The molecule has 0 saturated heterocycles. The van der Waals surface area contributed by atoms with Gasteiger partial charge in [0.15, 0.2) is 0 Å². The molecule has 6 nitrogen and oxygen atoms in total. The van der Waals surface area contributed by atoms with Crippen molar-refractivity contribution in [2.45, 2.75) is 4.90 Å². The van der Waals surface area contributed by atoms with Gasteiger partial charge in [-0.15, -0.1) is 0 Å². The molecule has 8 heteroatoms. The Bertz CT molecular complexity index is 821. The van der Waals surface area contributed by atoms with E-state index in [1.807, 2.05) is 0 Å². The Labute approximate surface area is 132 Å². The first-order valence-electron chi connectivity index (χ1n) is 6.09. The highest BCUT2D eigenvalue weighted by Crippen LogP contribution is 2.26. The molecule has 0 aliphatic carbocycles. The van der Waals surface area contributed by atoms with E-state index in [1.165, 1.54) is 25.3 Å². The van der Waals surface area contributed by atoms with Crippen LogP contribution in [0.3, 0.4) is 0 Å². The number of hydrogen-bond acceptors (Lipinski definition) is 4. The molecular weight excluding hydrogens is 328 g/mol. The number of carbonyl (C=O) groups excluding carboxylic acids is 1. The number of hydrogen-bond donors (Lipinski definition) is 2. The van der Waals surface area contributed by atoms with Crippen LogP contribution < -0.4 is 15.2 Å². The van der Waals surface area contributed by atoms with Crippen molar-refractivity contribution < 1.29 is 17.9 Å². The Kier molecular flexibility index (Phi) is 4.70. The largest absolute Gasteiger partial charge is 0.495 e. The highest BCUT2D eigenvalue weighted by molar-refractivity contribution is 7.89. The van der Waals surface area contributed by atoms with Gasteiger partial charge in [-0.1, -0.05) is 23.7 Å². The average Bonchev–Trinajstić information content (AvgIpc) is 2.46. The van der Waals surface area contributed by atoms with E-state index in [4.69, 9.17) is 21.5 Å². The fourth-order valence-electron chi connectivity index (χ4n) is 1.82. The number of amides is 1. The molecule has 0 aliphatic rings. The predicted molar refractivity (Wildman–Crippen MR) is 83.8 cm³/mol. The van der Waals surface area contributed by atoms with Crippen LogP contribution in [0.5, 0.6) is 5.75 Å². The van der Waals surface area contributed by atoms with Crippen LogP contribution in [0.4, 0.5) is 5.69 Å². The number of benzene rings is 2. The summed E-state index contributed by atoms with van der Waals surface area (Å²) in [5.74, 6) is -0.366. The lowest BCUT2D eigenvalue weighted by Crippen LogP contribution is -2.16. The summed E-state index contributed by atoms with van der Waals surface area (Å²) in [5, 5.41) is 7.98. The number of nitrogens with one attached hydrogen (secondary N) is 1. The lowest BCUT2D eigenvalue weighted by molar-refractivity contribution is 0.102. The van der Waals surface area contributed by atoms with E-state index in [0.29, 0.717) is 5.02 Å². The molecule has 1 amide bonds. The number of halogens is 1. The molecule has 0 spiro atoms. The van der Waals surface area contributed by atoms with Gasteiger partial charge in [0.2, 0.25) is 10.0 Å². The smallest absolute Gasteiger partial charge is 0.257 e. The predicted octanol–water partition coefficient (Wildman–Crippen LogP) is 2.25. The third-order valence-corrected chi connectivity index (χ3v) is 4.11. The molecule has 2 aromatic rings. The minimum Gasteiger partial charge on any atom is -0.495 e. The van der Waals surface area contributed by atoms with Crippen molar-refractivity contribution in [1.82, 2.24) is 0 Å². The van der Waals surface area contributed by atoms with Crippen molar-refractivity contribution in [3.05, 3.63) is 53.1 Å². The van der Waals surface area contributed by atoms with E-state index in [2.05, 4.69) is 5.32 Å². The summed E-state index contributed by atoms with van der Waals surface area (Å²) >= 11 is 5.94. The van der Waals surface area contributed by atoms with Crippen LogP contribution in [0.1, 0.15) is 10.4 Å². The minimum atomic E-state index is -3.98. The molecule has 0 bridgehead atoms. The van der Waals surface area contributed by atoms with Crippen LogP contribution in [0.25, 0.3) is 0 Å². The topological polar surface area (TPSA) is 98.5 Å². The standard InChI is InChI=1S/C14H13ClN2O4S/c1-21-12-7-6-9(8-13(12)22(16,19)20)17-14(18)10-4-2-3-5-11(10)15/h2-8H,1H3,(H,17,18)(H2,16,19,20). The number of ether oxygens (including phenoxy) is 1. The summed E-state index contributed by atoms with van der Waals surface area (Å²) in [6.45, 7) is 0. The second-order valence-electron chi connectivity index (χ2n) is 4.34. The van der Waals surface area contributed by atoms with Gasteiger partial charge in [0.25, 0.3) is 5.91 Å². The lowest BCUT2D eigenvalue weighted by atomic mass is 10.2. The van der Waals surface area contributed by atoms with Crippen molar-refractivity contribution in [1.29, 1.82) is 0 Å². The Morgan fingerprint density at radius 3 is 2.50 bits per heavy atom. The van der Waals surface area contributed by atoms with Gasteiger partial charge in [-0.25, -0.2) is 13.6 Å². The van der Waals surface area contributed by atoms with Crippen LogP contribution in [0.2, 0.25) is 5.02 Å². The Morgan fingerprint density at radius 2 is 1.91 bits per heavy atom. The summed E-state index contributed by atoms with van der Waals surface area (Å²) < 4.78 is 28.0. The molecule has 0 fully saturated rings. The van der Waals surface area contributed by atoms with Crippen molar-refractivity contribution in [3.8, 4) is 5.75 Å². The summed E-state index contributed by atoms with van der Waals surface area (Å²) in [7, 11) is -2.65. The van der Waals surface area contributed by atoms with E-state index < -0.39 is 15.9 Å². The Balaban J connectivity index is 2.35. The fraction of sp³-hybridized carbons (Fsp3) is 0.0714. The van der Waals surface area contributed by atoms with E-state index in [0.717, 1.165) is 0 Å². The van der Waals surface area contributed by atoms with Crippen LogP contribution in [-0.4, -0.2) is 21.4 Å². The number of primary sulfonamides is 1. The summed E-state index contributed by atoms with van der Waals surface area (Å²) in [5.41, 5.74) is 0.534. The highest BCUT2D eigenvalue weighted by atomic mass is 35.5. The third-order valence-electron chi connectivity index (χ3n) is 2.85. The summed E-state index contributed by atoms with van der Waals surface area (Å²) in [6.07, 6.45) is 0.